The molecule has 1 aliphatic rings. The highest BCUT2D eigenvalue weighted by Gasteiger charge is 2.40. The van der Waals surface area contributed by atoms with Crippen LogP contribution in [0.3, 0.4) is 0 Å². The van der Waals surface area contributed by atoms with Crippen LogP contribution in [0.1, 0.15) is 23.3 Å². The molecular weight excluding hydrogens is 413 g/mol. The van der Waals surface area contributed by atoms with Crippen LogP contribution in [0.5, 0.6) is 5.75 Å². The van der Waals surface area contributed by atoms with E-state index in [1.807, 2.05) is 41.8 Å². The van der Waals surface area contributed by atoms with E-state index in [0.29, 0.717) is 50.3 Å². The van der Waals surface area contributed by atoms with Gasteiger partial charge in [0, 0.05) is 23.7 Å². The summed E-state index contributed by atoms with van der Waals surface area (Å²) in [4.78, 5) is 14.5. The quantitative estimate of drug-likeness (QED) is 0.549. The Morgan fingerprint density at radius 3 is 2.68 bits per heavy atom. The van der Waals surface area contributed by atoms with E-state index in [1.54, 1.807) is 24.5 Å². The maximum atomic E-state index is 14.1. The van der Waals surface area contributed by atoms with Gasteiger partial charge < -0.3 is 14.8 Å². The van der Waals surface area contributed by atoms with Crippen molar-refractivity contribution in [1.29, 1.82) is 0 Å². The molecule has 1 aromatic heterocycles. The number of thiophene rings is 1. The number of benzene rings is 2. The zero-order chi connectivity index (χ0) is 21.7. The molecule has 6 heteroatoms. The van der Waals surface area contributed by atoms with Crippen LogP contribution in [0.25, 0.3) is 11.1 Å². The third kappa shape index (κ3) is 4.81. The highest BCUT2D eigenvalue weighted by Crippen LogP contribution is 2.40. The molecule has 31 heavy (non-hydrogen) atoms. The topological polar surface area (TPSA) is 47.6 Å². The second-order valence-corrected chi connectivity index (χ2v) is 8.87. The summed E-state index contributed by atoms with van der Waals surface area (Å²) in [7, 11) is 1.58. The Balaban J connectivity index is 1.65. The largest absolute Gasteiger partial charge is 0.496 e. The van der Waals surface area contributed by atoms with E-state index >= 15 is 0 Å². The molecule has 3 aromatic rings. The maximum absolute atomic E-state index is 14.1. The van der Waals surface area contributed by atoms with Gasteiger partial charge in [-0.3, -0.25) is 4.79 Å². The van der Waals surface area contributed by atoms with Crippen molar-refractivity contribution in [2.24, 2.45) is 5.41 Å². The van der Waals surface area contributed by atoms with Gasteiger partial charge in [-0.15, -0.1) is 11.3 Å². The Morgan fingerprint density at radius 1 is 1.13 bits per heavy atom. The first-order valence-electron chi connectivity index (χ1n) is 10.4. The first kappa shape index (κ1) is 21.5. The molecule has 0 bridgehead atoms. The SMILES string of the molecule is COc1ccc(F)cc1-c1ccccc1CC1(C(=O)NCc2cccs2)CCOCC1. The van der Waals surface area contributed by atoms with Gasteiger partial charge in [0.15, 0.2) is 0 Å². The van der Waals surface area contributed by atoms with E-state index in [9.17, 15) is 9.18 Å². The monoisotopic (exact) mass is 439 g/mol. The summed E-state index contributed by atoms with van der Waals surface area (Å²) < 4.78 is 25.1. The van der Waals surface area contributed by atoms with Crippen LogP contribution in [-0.4, -0.2) is 26.2 Å². The van der Waals surface area contributed by atoms with E-state index in [4.69, 9.17) is 9.47 Å². The third-order valence-electron chi connectivity index (χ3n) is 5.93. The van der Waals surface area contributed by atoms with Crippen molar-refractivity contribution in [3.63, 3.8) is 0 Å². The molecule has 1 N–H and O–H groups in total. The predicted octanol–water partition coefficient (Wildman–Crippen LogP) is 5.22. The number of amides is 1. The maximum Gasteiger partial charge on any atom is 0.227 e. The van der Waals surface area contributed by atoms with Gasteiger partial charge in [0.1, 0.15) is 11.6 Å². The zero-order valence-electron chi connectivity index (χ0n) is 17.5. The number of methoxy groups -OCH3 is 1. The van der Waals surface area contributed by atoms with E-state index in [1.165, 1.54) is 12.1 Å². The number of carbonyl (C=O) groups excluding carboxylic acids is 1. The second-order valence-electron chi connectivity index (χ2n) is 7.83. The Kier molecular flexibility index (Phi) is 6.68. The summed E-state index contributed by atoms with van der Waals surface area (Å²) in [6, 6.07) is 16.4. The van der Waals surface area contributed by atoms with Crippen LogP contribution in [0.4, 0.5) is 4.39 Å². The molecule has 1 amide bonds. The first-order valence-corrected chi connectivity index (χ1v) is 11.3. The standard InChI is InChI=1S/C25H26FNO3S/c1-29-23-9-8-19(26)15-22(23)21-7-3-2-5-18(21)16-25(10-12-30-13-11-25)24(28)27-17-20-6-4-14-31-20/h2-9,14-15H,10-13,16-17H2,1H3,(H,27,28). The minimum atomic E-state index is -0.563. The molecule has 0 radical (unpaired) electrons. The lowest BCUT2D eigenvalue weighted by Crippen LogP contribution is -2.46. The number of hydrogen-bond acceptors (Lipinski definition) is 4. The summed E-state index contributed by atoms with van der Waals surface area (Å²) in [5.74, 6) is 0.335. The molecular formula is C25H26FNO3S. The summed E-state index contributed by atoms with van der Waals surface area (Å²) in [5, 5.41) is 5.15. The van der Waals surface area contributed by atoms with E-state index in [-0.39, 0.29) is 11.7 Å². The van der Waals surface area contributed by atoms with Crippen molar-refractivity contribution in [3.8, 4) is 16.9 Å². The minimum Gasteiger partial charge on any atom is -0.496 e. The first-order chi connectivity index (χ1) is 15.1. The average Bonchev–Trinajstić information content (AvgIpc) is 3.32. The fourth-order valence-corrected chi connectivity index (χ4v) is 4.85. The van der Waals surface area contributed by atoms with Gasteiger partial charge in [-0.1, -0.05) is 30.3 Å². The van der Waals surface area contributed by atoms with Gasteiger partial charge >= 0.3 is 0 Å². The van der Waals surface area contributed by atoms with Crippen molar-refractivity contribution in [1.82, 2.24) is 5.32 Å². The van der Waals surface area contributed by atoms with Crippen LogP contribution in [0.15, 0.2) is 60.0 Å². The molecule has 2 heterocycles. The van der Waals surface area contributed by atoms with Crippen LogP contribution in [-0.2, 0) is 22.5 Å². The lowest BCUT2D eigenvalue weighted by Gasteiger charge is -2.36. The molecule has 0 atom stereocenters. The molecule has 1 fully saturated rings. The number of halogens is 1. The predicted molar refractivity (Wildman–Crippen MR) is 121 cm³/mol. The Bertz CT molecular complexity index is 1030. The van der Waals surface area contributed by atoms with Crippen molar-refractivity contribution >= 4 is 17.2 Å². The van der Waals surface area contributed by atoms with Gasteiger partial charge in [0.25, 0.3) is 0 Å². The van der Waals surface area contributed by atoms with Gasteiger partial charge in [-0.2, -0.15) is 0 Å². The van der Waals surface area contributed by atoms with E-state index in [2.05, 4.69) is 5.32 Å². The van der Waals surface area contributed by atoms with Gasteiger partial charge in [0.05, 0.1) is 19.1 Å². The summed E-state index contributed by atoms with van der Waals surface area (Å²) in [6.07, 6.45) is 1.86. The van der Waals surface area contributed by atoms with Crippen molar-refractivity contribution in [3.05, 3.63) is 76.2 Å². The smallest absolute Gasteiger partial charge is 0.227 e. The number of hydrogen-bond donors (Lipinski definition) is 1. The molecule has 2 aromatic carbocycles. The lowest BCUT2D eigenvalue weighted by atomic mass is 9.73. The fraction of sp³-hybridized carbons (Fsp3) is 0.320. The molecule has 162 valence electrons. The van der Waals surface area contributed by atoms with E-state index < -0.39 is 5.41 Å². The van der Waals surface area contributed by atoms with Crippen molar-refractivity contribution in [2.45, 2.75) is 25.8 Å². The Morgan fingerprint density at radius 2 is 1.94 bits per heavy atom. The molecule has 0 aliphatic carbocycles. The Labute approximate surface area is 186 Å². The van der Waals surface area contributed by atoms with Crippen LogP contribution < -0.4 is 10.1 Å². The molecule has 4 nitrogen and oxygen atoms in total. The van der Waals surface area contributed by atoms with Crippen LogP contribution >= 0.6 is 11.3 Å². The number of ether oxygens (including phenoxy) is 2. The van der Waals surface area contributed by atoms with Crippen molar-refractivity contribution in [2.75, 3.05) is 20.3 Å². The summed E-state index contributed by atoms with van der Waals surface area (Å²) >= 11 is 1.63. The highest BCUT2D eigenvalue weighted by atomic mass is 32.1. The average molecular weight is 440 g/mol. The molecule has 1 saturated heterocycles. The van der Waals surface area contributed by atoms with Crippen LogP contribution in [0, 0.1) is 11.2 Å². The summed E-state index contributed by atoms with van der Waals surface area (Å²) in [6.45, 7) is 1.63. The molecule has 0 unspecified atom stereocenters. The third-order valence-corrected chi connectivity index (χ3v) is 6.81. The van der Waals surface area contributed by atoms with Crippen molar-refractivity contribution < 1.29 is 18.7 Å². The summed E-state index contributed by atoms with van der Waals surface area (Å²) in [5.41, 5.74) is 2.02. The number of carbonyl (C=O) groups is 1. The van der Waals surface area contributed by atoms with Gasteiger partial charge in [0.2, 0.25) is 5.91 Å². The fourth-order valence-electron chi connectivity index (χ4n) is 4.21. The molecule has 0 spiro atoms. The van der Waals surface area contributed by atoms with E-state index in [0.717, 1.165) is 16.0 Å². The number of nitrogens with one attached hydrogen (secondary N) is 1. The molecule has 0 saturated carbocycles. The number of rotatable bonds is 7. The van der Waals surface area contributed by atoms with Gasteiger partial charge in [-0.25, -0.2) is 4.39 Å². The highest BCUT2D eigenvalue weighted by molar-refractivity contribution is 7.09. The van der Waals surface area contributed by atoms with Crippen LogP contribution in [0.2, 0.25) is 0 Å². The minimum absolute atomic E-state index is 0.0465. The normalized spacial score (nSPS) is 15.4. The molecule has 1 aliphatic heterocycles. The molecule has 4 rings (SSSR count). The Hall–Kier alpha value is -2.70. The second kappa shape index (κ2) is 9.62. The zero-order valence-corrected chi connectivity index (χ0v) is 18.3. The van der Waals surface area contributed by atoms with Gasteiger partial charge in [-0.05, 0) is 60.0 Å². The lowest BCUT2D eigenvalue weighted by molar-refractivity contribution is -0.136.